The van der Waals surface area contributed by atoms with Crippen LogP contribution in [0.2, 0.25) is 0 Å². The number of hydrogen-bond acceptors (Lipinski definition) is 4. The fourth-order valence-electron chi connectivity index (χ4n) is 2.05. The van der Waals surface area contributed by atoms with Crippen LogP contribution in [0.25, 0.3) is 0 Å². The molecule has 14 heavy (non-hydrogen) atoms. The summed E-state index contributed by atoms with van der Waals surface area (Å²) >= 11 is 1.81. The number of nitrogens with zero attached hydrogens (tertiary/aromatic N) is 1. The highest BCUT2D eigenvalue weighted by Gasteiger charge is 2.59. The third-order valence-corrected chi connectivity index (χ3v) is 4.93. The van der Waals surface area contributed by atoms with E-state index in [0.29, 0.717) is 0 Å². The Balaban J connectivity index is 2.12. The predicted molar refractivity (Wildman–Crippen MR) is 55.8 cm³/mol. The van der Waals surface area contributed by atoms with Crippen LogP contribution in [-0.4, -0.2) is 44.8 Å². The number of aliphatic hydroxyl groups is 1. The van der Waals surface area contributed by atoms with Crippen LogP contribution in [0.3, 0.4) is 0 Å². The maximum absolute atomic E-state index is 11.7. The van der Waals surface area contributed by atoms with Gasteiger partial charge in [-0.15, -0.1) is 11.8 Å². The van der Waals surface area contributed by atoms with Crippen LogP contribution in [0.15, 0.2) is 0 Å². The third kappa shape index (κ3) is 1.19. The van der Waals surface area contributed by atoms with E-state index in [0.717, 1.165) is 0 Å². The van der Waals surface area contributed by atoms with E-state index in [2.05, 4.69) is 26.1 Å². The largest absolute Gasteiger partial charge is 0.381 e. The fraction of sp³-hybridized carbons (Fsp3) is 0.889. The van der Waals surface area contributed by atoms with Gasteiger partial charge in [0.25, 0.3) is 0 Å². The van der Waals surface area contributed by atoms with Crippen LogP contribution in [0.4, 0.5) is 0 Å². The van der Waals surface area contributed by atoms with Crippen LogP contribution < -0.4 is 5.32 Å². The molecule has 2 aliphatic heterocycles. The summed E-state index contributed by atoms with van der Waals surface area (Å²) < 4.78 is 0.117. The molecule has 1 amide bonds. The summed E-state index contributed by atoms with van der Waals surface area (Å²) in [5.74, 6) is 0.120. The van der Waals surface area contributed by atoms with Gasteiger partial charge >= 0.3 is 0 Å². The van der Waals surface area contributed by atoms with Crippen molar-refractivity contribution in [3.63, 3.8) is 0 Å². The zero-order valence-corrected chi connectivity index (χ0v) is 9.47. The molecule has 2 heterocycles. The van der Waals surface area contributed by atoms with Crippen LogP contribution in [0.5, 0.6) is 0 Å². The number of rotatable bonds is 2. The zero-order valence-electron chi connectivity index (χ0n) is 8.65. The van der Waals surface area contributed by atoms with E-state index < -0.39 is 0 Å². The number of thioether (sulfide) groups is 1. The molecule has 0 bridgehead atoms. The number of carbonyl (C=O) groups excluding carboxylic acids is 1. The molecular weight excluding hydrogens is 200 g/mol. The third-order valence-electron chi connectivity index (χ3n) is 3.24. The number of amides is 1. The second-order valence-corrected chi connectivity index (χ2v) is 6.14. The van der Waals surface area contributed by atoms with Crippen LogP contribution in [-0.2, 0) is 4.79 Å². The first-order chi connectivity index (χ1) is 6.49. The summed E-state index contributed by atoms with van der Waals surface area (Å²) in [5, 5.41) is 11.8. The average molecular weight is 216 g/mol. The van der Waals surface area contributed by atoms with Gasteiger partial charge in [-0.3, -0.25) is 10.1 Å². The number of aliphatic hydroxyl groups excluding tert-OH is 1. The molecule has 2 rings (SSSR count). The van der Waals surface area contributed by atoms with Gasteiger partial charge in [-0.2, -0.15) is 0 Å². The van der Waals surface area contributed by atoms with E-state index in [9.17, 15) is 4.79 Å². The Bertz CT molecular complexity index is 270. The van der Waals surface area contributed by atoms with Crippen molar-refractivity contribution >= 4 is 17.7 Å². The molecule has 0 aliphatic carbocycles. The maximum Gasteiger partial charge on any atom is 0.244 e. The second kappa shape index (κ2) is 3.12. The van der Waals surface area contributed by atoms with Crippen molar-refractivity contribution in [3.05, 3.63) is 0 Å². The first kappa shape index (κ1) is 10.3. The van der Waals surface area contributed by atoms with Crippen molar-refractivity contribution in [2.45, 2.75) is 43.0 Å². The maximum atomic E-state index is 11.7. The Kier molecular flexibility index (Phi) is 2.28. The SMILES string of the molecule is CC1N2C(=O)C(NCO)C2SC1(C)C. The molecule has 0 saturated carbocycles. The molecule has 2 saturated heterocycles. The average Bonchev–Trinajstić information content (AvgIpc) is 2.32. The Morgan fingerprint density at radius 2 is 2.29 bits per heavy atom. The minimum Gasteiger partial charge on any atom is -0.381 e. The number of carbonyl (C=O) groups is 1. The van der Waals surface area contributed by atoms with Crippen LogP contribution >= 0.6 is 11.8 Å². The lowest BCUT2D eigenvalue weighted by Crippen LogP contribution is -2.68. The van der Waals surface area contributed by atoms with Crippen molar-refractivity contribution in [3.8, 4) is 0 Å². The van der Waals surface area contributed by atoms with Gasteiger partial charge in [0.2, 0.25) is 5.91 Å². The summed E-state index contributed by atoms with van der Waals surface area (Å²) in [6, 6.07) is 0.0935. The van der Waals surface area contributed by atoms with Crippen molar-refractivity contribution in [2.24, 2.45) is 0 Å². The van der Waals surface area contributed by atoms with E-state index in [4.69, 9.17) is 5.11 Å². The second-order valence-electron chi connectivity index (χ2n) is 4.37. The highest BCUT2D eigenvalue weighted by Crippen LogP contribution is 2.50. The molecule has 3 unspecified atom stereocenters. The molecular formula is C9H16N2O2S. The van der Waals surface area contributed by atoms with Gasteiger partial charge in [-0.1, -0.05) is 0 Å². The first-order valence-corrected chi connectivity index (χ1v) is 5.71. The molecule has 0 spiro atoms. The Hall–Kier alpha value is -0.260. The lowest BCUT2D eigenvalue weighted by Gasteiger charge is -2.44. The van der Waals surface area contributed by atoms with Crippen LogP contribution in [0.1, 0.15) is 20.8 Å². The smallest absolute Gasteiger partial charge is 0.244 e. The highest BCUT2D eigenvalue weighted by atomic mass is 32.2. The minimum absolute atomic E-state index is 0.117. The molecule has 80 valence electrons. The minimum atomic E-state index is -0.186. The van der Waals surface area contributed by atoms with Gasteiger partial charge in [-0.05, 0) is 20.8 Å². The monoisotopic (exact) mass is 216 g/mol. The summed E-state index contributed by atoms with van der Waals surface area (Å²) in [4.78, 5) is 13.6. The Labute approximate surface area is 88.0 Å². The van der Waals surface area contributed by atoms with Crippen molar-refractivity contribution < 1.29 is 9.90 Å². The van der Waals surface area contributed by atoms with Crippen molar-refractivity contribution in [1.82, 2.24) is 10.2 Å². The van der Waals surface area contributed by atoms with E-state index in [1.807, 2.05) is 16.7 Å². The van der Waals surface area contributed by atoms with E-state index >= 15 is 0 Å². The zero-order chi connectivity index (χ0) is 10.5. The van der Waals surface area contributed by atoms with E-state index in [1.165, 1.54) is 0 Å². The quantitative estimate of drug-likeness (QED) is 0.503. The number of hydrogen-bond donors (Lipinski definition) is 2. The van der Waals surface area contributed by atoms with Crippen LogP contribution in [0, 0.1) is 0 Å². The molecule has 2 aliphatic rings. The highest BCUT2D eigenvalue weighted by molar-refractivity contribution is 8.01. The summed E-state index contributed by atoms with van der Waals surface area (Å²) in [6.07, 6.45) is 0. The molecule has 0 aromatic heterocycles. The van der Waals surface area contributed by atoms with Gasteiger partial charge < -0.3 is 10.0 Å². The van der Waals surface area contributed by atoms with Gasteiger partial charge in [0.15, 0.2) is 0 Å². The normalized spacial score (nSPS) is 39.6. The van der Waals surface area contributed by atoms with Crippen molar-refractivity contribution in [1.29, 1.82) is 0 Å². The number of nitrogens with one attached hydrogen (secondary N) is 1. The number of fused-ring (bicyclic) bond motifs is 1. The molecule has 0 radical (unpaired) electrons. The first-order valence-electron chi connectivity index (χ1n) is 4.83. The summed E-state index contributed by atoms with van der Waals surface area (Å²) in [6.45, 7) is 6.27. The molecule has 0 aromatic carbocycles. The van der Waals surface area contributed by atoms with Crippen molar-refractivity contribution in [2.75, 3.05) is 6.73 Å². The number of β-lactam (4-membered cyclic amide) rings is 1. The summed E-state index contributed by atoms with van der Waals surface area (Å²) in [5.41, 5.74) is 0. The molecule has 2 fully saturated rings. The lowest BCUT2D eigenvalue weighted by atomic mass is 9.98. The van der Waals surface area contributed by atoms with Gasteiger partial charge in [0.05, 0.1) is 6.73 Å². The predicted octanol–water partition coefficient (Wildman–Crippen LogP) is -0.0234. The Morgan fingerprint density at radius 3 is 2.86 bits per heavy atom. The Morgan fingerprint density at radius 1 is 1.64 bits per heavy atom. The molecule has 5 heteroatoms. The lowest BCUT2D eigenvalue weighted by molar-refractivity contribution is -0.149. The van der Waals surface area contributed by atoms with Gasteiger partial charge in [-0.25, -0.2) is 0 Å². The van der Waals surface area contributed by atoms with E-state index in [1.54, 1.807) is 0 Å². The summed E-state index contributed by atoms with van der Waals surface area (Å²) in [7, 11) is 0. The fourth-order valence-corrected chi connectivity index (χ4v) is 3.74. The van der Waals surface area contributed by atoms with Gasteiger partial charge in [0.1, 0.15) is 11.4 Å². The molecule has 4 nitrogen and oxygen atoms in total. The molecule has 3 atom stereocenters. The van der Waals surface area contributed by atoms with Gasteiger partial charge in [0, 0.05) is 10.8 Å². The molecule has 0 aromatic rings. The molecule has 2 N–H and O–H groups in total. The standard InChI is InChI=1S/C9H16N2O2S/c1-5-9(2,3)14-8-6(10-4-12)7(13)11(5)8/h5-6,8,10,12H,4H2,1-3H3. The topological polar surface area (TPSA) is 52.6 Å². The van der Waals surface area contributed by atoms with E-state index in [-0.39, 0.29) is 34.8 Å².